The Morgan fingerprint density at radius 1 is 1.30 bits per heavy atom. The third kappa shape index (κ3) is 3.60. The van der Waals surface area contributed by atoms with Gasteiger partial charge in [-0.3, -0.25) is 10.3 Å². The average molecular weight is 273 g/mol. The Labute approximate surface area is 122 Å². The lowest BCUT2D eigenvalue weighted by Crippen LogP contribution is -2.36. The van der Waals surface area contributed by atoms with Crippen molar-refractivity contribution in [2.45, 2.75) is 58.5 Å². The fourth-order valence-corrected chi connectivity index (χ4v) is 3.20. The van der Waals surface area contributed by atoms with Gasteiger partial charge in [-0.15, -0.1) is 0 Å². The monoisotopic (exact) mass is 273 g/mol. The van der Waals surface area contributed by atoms with Gasteiger partial charge in [0.1, 0.15) is 5.84 Å². The molecule has 1 fully saturated rings. The standard InChI is InChI=1S/C17H27N3/c1-3-20(16-7-5-4-6-8-16)12-15-10-9-14(17(18)19)11-13(15)2/h9-11,16H,3-8,12H2,1-2H3,(H3,18,19). The minimum atomic E-state index is 0.152. The normalized spacial score (nSPS) is 16.6. The van der Waals surface area contributed by atoms with E-state index in [-0.39, 0.29) is 5.84 Å². The van der Waals surface area contributed by atoms with Gasteiger partial charge in [-0.1, -0.05) is 38.3 Å². The zero-order chi connectivity index (χ0) is 14.5. The third-order valence-corrected chi connectivity index (χ3v) is 4.52. The lowest BCUT2D eigenvalue weighted by atomic mass is 9.93. The van der Waals surface area contributed by atoms with Crippen LogP contribution >= 0.6 is 0 Å². The molecule has 0 atom stereocenters. The maximum absolute atomic E-state index is 7.51. The number of rotatable bonds is 5. The molecule has 0 amide bonds. The Bertz CT molecular complexity index is 461. The van der Waals surface area contributed by atoms with Gasteiger partial charge in [-0.2, -0.15) is 0 Å². The summed E-state index contributed by atoms with van der Waals surface area (Å²) >= 11 is 0. The number of benzene rings is 1. The zero-order valence-corrected chi connectivity index (χ0v) is 12.8. The Balaban J connectivity index is 2.08. The summed E-state index contributed by atoms with van der Waals surface area (Å²) in [5.41, 5.74) is 8.98. The van der Waals surface area contributed by atoms with Gasteiger partial charge in [0.25, 0.3) is 0 Å². The van der Waals surface area contributed by atoms with Crippen molar-refractivity contribution in [1.29, 1.82) is 5.41 Å². The van der Waals surface area contributed by atoms with Gasteiger partial charge >= 0.3 is 0 Å². The summed E-state index contributed by atoms with van der Waals surface area (Å²) in [4.78, 5) is 2.61. The molecular weight excluding hydrogens is 246 g/mol. The molecule has 0 aliphatic heterocycles. The number of nitrogens with one attached hydrogen (secondary N) is 1. The second kappa shape index (κ2) is 6.89. The van der Waals surface area contributed by atoms with Crippen molar-refractivity contribution in [2.24, 2.45) is 5.73 Å². The first-order chi connectivity index (χ1) is 9.61. The minimum Gasteiger partial charge on any atom is -0.384 e. The maximum atomic E-state index is 7.51. The first-order valence-electron chi connectivity index (χ1n) is 7.79. The van der Waals surface area contributed by atoms with Crippen LogP contribution in [0.25, 0.3) is 0 Å². The molecule has 0 unspecified atom stereocenters. The van der Waals surface area contributed by atoms with Crippen LogP contribution in [0.2, 0.25) is 0 Å². The second-order valence-electron chi connectivity index (χ2n) is 5.91. The molecule has 3 heteroatoms. The minimum absolute atomic E-state index is 0.152. The van der Waals surface area contributed by atoms with Gasteiger partial charge in [-0.05, 0) is 43.5 Å². The van der Waals surface area contributed by atoms with Crippen LogP contribution in [0, 0.1) is 12.3 Å². The van der Waals surface area contributed by atoms with Gasteiger partial charge in [0, 0.05) is 18.2 Å². The van der Waals surface area contributed by atoms with E-state index < -0.39 is 0 Å². The van der Waals surface area contributed by atoms with Crippen LogP contribution in [0.1, 0.15) is 55.7 Å². The number of amidine groups is 1. The number of nitrogens with zero attached hydrogens (tertiary/aromatic N) is 1. The summed E-state index contributed by atoms with van der Waals surface area (Å²) in [6, 6.07) is 6.89. The van der Waals surface area contributed by atoms with Crippen molar-refractivity contribution < 1.29 is 0 Å². The highest BCUT2D eigenvalue weighted by Gasteiger charge is 2.20. The number of nitrogen functional groups attached to an aromatic ring is 1. The smallest absolute Gasteiger partial charge is 0.122 e. The van der Waals surface area contributed by atoms with Crippen LogP contribution in [-0.2, 0) is 6.54 Å². The summed E-state index contributed by atoms with van der Waals surface area (Å²) < 4.78 is 0. The van der Waals surface area contributed by atoms with E-state index in [9.17, 15) is 0 Å². The van der Waals surface area contributed by atoms with Gasteiger partial charge in [0.05, 0.1) is 0 Å². The van der Waals surface area contributed by atoms with E-state index in [0.29, 0.717) is 0 Å². The Hall–Kier alpha value is -1.35. The number of nitrogens with two attached hydrogens (primary N) is 1. The number of aryl methyl sites for hydroxylation is 1. The van der Waals surface area contributed by atoms with Crippen LogP contribution < -0.4 is 5.73 Å². The summed E-state index contributed by atoms with van der Waals surface area (Å²) in [6.45, 7) is 6.51. The molecule has 2 rings (SSSR count). The van der Waals surface area contributed by atoms with E-state index >= 15 is 0 Å². The van der Waals surface area contributed by atoms with Crippen molar-refractivity contribution >= 4 is 5.84 Å². The van der Waals surface area contributed by atoms with E-state index in [1.807, 2.05) is 12.1 Å². The van der Waals surface area contributed by atoms with Gasteiger partial charge in [-0.25, -0.2) is 0 Å². The van der Waals surface area contributed by atoms with Crippen molar-refractivity contribution in [3.63, 3.8) is 0 Å². The molecule has 3 nitrogen and oxygen atoms in total. The number of hydrogen-bond acceptors (Lipinski definition) is 2. The first-order valence-corrected chi connectivity index (χ1v) is 7.79. The first kappa shape index (κ1) is 15.0. The average Bonchev–Trinajstić information content (AvgIpc) is 2.46. The summed E-state index contributed by atoms with van der Waals surface area (Å²) in [5.74, 6) is 0.152. The Kier molecular flexibility index (Phi) is 5.18. The summed E-state index contributed by atoms with van der Waals surface area (Å²) in [5, 5.41) is 7.51. The van der Waals surface area contributed by atoms with E-state index in [0.717, 1.165) is 24.7 Å². The lowest BCUT2D eigenvalue weighted by molar-refractivity contribution is 0.155. The SMILES string of the molecule is CCN(Cc1ccc(C(=N)N)cc1C)C1CCCCC1. The van der Waals surface area contributed by atoms with Crippen molar-refractivity contribution in [2.75, 3.05) is 6.54 Å². The van der Waals surface area contributed by atoms with E-state index in [1.54, 1.807) is 0 Å². The molecule has 0 radical (unpaired) electrons. The molecular formula is C17H27N3. The molecule has 1 aliphatic rings. The Morgan fingerprint density at radius 3 is 2.55 bits per heavy atom. The van der Waals surface area contributed by atoms with E-state index in [2.05, 4.69) is 24.8 Å². The molecule has 0 saturated heterocycles. The molecule has 0 bridgehead atoms. The molecule has 0 aromatic heterocycles. The predicted molar refractivity (Wildman–Crippen MR) is 85.2 cm³/mol. The van der Waals surface area contributed by atoms with E-state index in [1.165, 1.54) is 43.2 Å². The Morgan fingerprint density at radius 2 is 2.00 bits per heavy atom. The summed E-state index contributed by atoms with van der Waals surface area (Å²) in [7, 11) is 0. The van der Waals surface area contributed by atoms with Gasteiger partial charge in [0.15, 0.2) is 0 Å². The predicted octanol–water partition coefficient (Wildman–Crippen LogP) is 3.43. The zero-order valence-electron chi connectivity index (χ0n) is 12.8. The van der Waals surface area contributed by atoms with Gasteiger partial charge < -0.3 is 5.73 Å². The molecule has 1 saturated carbocycles. The van der Waals surface area contributed by atoms with E-state index in [4.69, 9.17) is 11.1 Å². The molecule has 1 aliphatic carbocycles. The molecule has 1 aromatic carbocycles. The van der Waals surface area contributed by atoms with Crippen LogP contribution in [0.4, 0.5) is 0 Å². The molecule has 0 heterocycles. The molecule has 20 heavy (non-hydrogen) atoms. The summed E-state index contributed by atoms with van der Waals surface area (Å²) in [6.07, 6.45) is 6.85. The van der Waals surface area contributed by atoms with Gasteiger partial charge in [0.2, 0.25) is 0 Å². The fraction of sp³-hybridized carbons (Fsp3) is 0.588. The van der Waals surface area contributed by atoms with Crippen molar-refractivity contribution in [3.8, 4) is 0 Å². The topological polar surface area (TPSA) is 53.1 Å². The molecule has 3 N–H and O–H groups in total. The van der Waals surface area contributed by atoms with Crippen LogP contribution in [0.5, 0.6) is 0 Å². The fourth-order valence-electron chi connectivity index (χ4n) is 3.20. The largest absolute Gasteiger partial charge is 0.384 e. The van der Waals surface area contributed by atoms with Crippen molar-refractivity contribution in [1.82, 2.24) is 4.90 Å². The highest BCUT2D eigenvalue weighted by molar-refractivity contribution is 5.95. The van der Waals surface area contributed by atoms with Crippen LogP contribution in [0.3, 0.4) is 0 Å². The molecule has 0 spiro atoms. The molecule has 110 valence electrons. The highest BCUT2D eigenvalue weighted by atomic mass is 15.1. The van der Waals surface area contributed by atoms with Crippen molar-refractivity contribution in [3.05, 3.63) is 34.9 Å². The quantitative estimate of drug-likeness (QED) is 0.638. The lowest BCUT2D eigenvalue weighted by Gasteiger charge is -2.34. The molecule has 1 aromatic rings. The second-order valence-corrected chi connectivity index (χ2v) is 5.91. The van der Waals surface area contributed by atoms with Crippen LogP contribution in [0.15, 0.2) is 18.2 Å². The number of hydrogen-bond donors (Lipinski definition) is 2. The maximum Gasteiger partial charge on any atom is 0.122 e. The third-order valence-electron chi connectivity index (χ3n) is 4.52. The van der Waals surface area contributed by atoms with Crippen LogP contribution in [-0.4, -0.2) is 23.3 Å². The highest BCUT2D eigenvalue weighted by Crippen LogP contribution is 2.24.